The maximum Gasteiger partial charge on any atom is 0.257 e. The van der Waals surface area contributed by atoms with E-state index in [1.165, 1.54) is 17.0 Å². The van der Waals surface area contributed by atoms with E-state index in [1.807, 2.05) is 6.92 Å². The largest absolute Gasteiger partial charge is 0.395 e. The summed E-state index contributed by atoms with van der Waals surface area (Å²) in [5.41, 5.74) is -0.292. The molecule has 5 heteroatoms. The van der Waals surface area contributed by atoms with E-state index in [1.54, 1.807) is 0 Å². The number of aliphatic hydroxyl groups excluding tert-OH is 1. The molecule has 0 fully saturated rings. The number of hydrogen-bond donors (Lipinski definition) is 1. The van der Waals surface area contributed by atoms with Crippen LogP contribution in [0, 0.1) is 11.6 Å². The molecule has 1 aromatic rings. The number of carbonyl (C=O) groups excluding carboxylic acids is 1. The predicted octanol–water partition coefficient (Wildman–Crippen LogP) is 2.20. The monoisotopic (exact) mass is 257 g/mol. The molecule has 0 aromatic heterocycles. The standard InChI is InChI=1S/C13H17F2NO2/c1-2-3-7-16(8-9-17)13(18)10-5-4-6-11(14)12(10)15/h4-6,17H,2-3,7-9H2,1H3. The molecule has 3 nitrogen and oxygen atoms in total. The van der Waals surface area contributed by atoms with Crippen LogP contribution in [-0.4, -0.2) is 35.6 Å². The molecule has 0 aliphatic rings. The normalized spacial score (nSPS) is 10.4. The Labute approximate surface area is 105 Å². The molecule has 0 aliphatic heterocycles. The van der Waals surface area contributed by atoms with Gasteiger partial charge in [0.15, 0.2) is 11.6 Å². The number of benzene rings is 1. The van der Waals surface area contributed by atoms with Crippen molar-refractivity contribution >= 4 is 5.91 Å². The Hall–Kier alpha value is -1.49. The third kappa shape index (κ3) is 3.50. The molecular weight excluding hydrogens is 240 g/mol. The Bertz CT molecular complexity index is 410. The van der Waals surface area contributed by atoms with Crippen LogP contribution in [0.2, 0.25) is 0 Å². The van der Waals surface area contributed by atoms with Crippen LogP contribution in [0.15, 0.2) is 18.2 Å². The Morgan fingerprint density at radius 2 is 2.06 bits per heavy atom. The van der Waals surface area contributed by atoms with Crippen molar-refractivity contribution in [1.82, 2.24) is 4.90 Å². The van der Waals surface area contributed by atoms with Gasteiger partial charge in [-0.15, -0.1) is 0 Å². The van der Waals surface area contributed by atoms with Crippen LogP contribution in [0.1, 0.15) is 30.1 Å². The average Bonchev–Trinajstić information content (AvgIpc) is 2.37. The third-order valence-electron chi connectivity index (χ3n) is 2.62. The number of rotatable bonds is 6. The second-order valence-electron chi connectivity index (χ2n) is 3.97. The lowest BCUT2D eigenvalue weighted by atomic mass is 10.1. The average molecular weight is 257 g/mol. The van der Waals surface area contributed by atoms with Gasteiger partial charge in [0.1, 0.15) is 0 Å². The van der Waals surface area contributed by atoms with Gasteiger partial charge in [0.05, 0.1) is 12.2 Å². The maximum atomic E-state index is 13.5. The fourth-order valence-corrected chi connectivity index (χ4v) is 1.62. The van der Waals surface area contributed by atoms with Gasteiger partial charge in [-0.2, -0.15) is 0 Å². The summed E-state index contributed by atoms with van der Waals surface area (Å²) >= 11 is 0. The summed E-state index contributed by atoms with van der Waals surface area (Å²) in [6, 6.07) is 3.51. The van der Waals surface area contributed by atoms with E-state index in [-0.39, 0.29) is 18.7 Å². The van der Waals surface area contributed by atoms with Gasteiger partial charge in [0, 0.05) is 13.1 Å². The molecule has 1 N–H and O–H groups in total. The highest BCUT2D eigenvalue weighted by atomic mass is 19.2. The van der Waals surface area contributed by atoms with Gasteiger partial charge in [0.2, 0.25) is 0 Å². The van der Waals surface area contributed by atoms with E-state index in [4.69, 9.17) is 5.11 Å². The lowest BCUT2D eigenvalue weighted by Gasteiger charge is -2.21. The molecule has 1 rings (SSSR count). The number of hydrogen-bond acceptors (Lipinski definition) is 2. The van der Waals surface area contributed by atoms with Crippen molar-refractivity contribution in [2.75, 3.05) is 19.7 Å². The lowest BCUT2D eigenvalue weighted by Crippen LogP contribution is -2.35. The van der Waals surface area contributed by atoms with Crippen molar-refractivity contribution in [2.45, 2.75) is 19.8 Å². The van der Waals surface area contributed by atoms with Crippen molar-refractivity contribution in [3.8, 4) is 0 Å². The van der Waals surface area contributed by atoms with Gasteiger partial charge in [-0.1, -0.05) is 19.4 Å². The topological polar surface area (TPSA) is 40.5 Å². The number of nitrogens with zero attached hydrogens (tertiary/aromatic N) is 1. The second kappa shape index (κ2) is 7.06. The minimum atomic E-state index is -1.14. The fourth-order valence-electron chi connectivity index (χ4n) is 1.62. The van der Waals surface area contributed by atoms with E-state index < -0.39 is 17.5 Å². The minimum Gasteiger partial charge on any atom is -0.395 e. The van der Waals surface area contributed by atoms with Crippen LogP contribution in [0.5, 0.6) is 0 Å². The molecule has 1 amide bonds. The number of unbranched alkanes of at least 4 members (excludes halogenated alkanes) is 1. The van der Waals surface area contributed by atoms with Gasteiger partial charge in [0.25, 0.3) is 5.91 Å². The highest BCUT2D eigenvalue weighted by Gasteiger charge is 2.20. The van der Waals surface area contributed by atoms with Crippen LogP contribution in [0.25, 0.3) is 0 Å². The molecule has 0 unspecified atom stereocenters. The predicted molar refractivity (Wildman–Crippen MR) is 64.3 cm³/mol. The number of halogens is 2. The fraction of sp³-hybridized carbons (Fsp3) is 0.462. The zero-order valence-corrected chi connectivity index (χ0v) is 10.3. The Morgan fingerprint density at radius 3 is 2.67 bits per heavy atom. The van der Waals surface area contributed by atoms with Crippen molar-refractivity contribution in [3.63, 3.8) is 0 Å². The van der Waals surface area contributed by atoms with Gasteiger partial charge in [-0.25, -0.2) is 8.78 Å². The molecule has 0 heterocycles. The third-order valence-corrected chi connectivity index (χ3v) is 2.62. The molecular formula is C13H17F2NO2. The van der Waals surface area contributed by atoms with Crippen molar-refractivity contribution in [3.05, 3.63) is 35.4 Å². The van der Waals surface area contributed by atoms with Gasteiger partial charge in [-0.3, -0.25) is 4.79 Å². The SMILES string of the molecule is CCCCN(CCO)C(=O)c1cccc(F)c1F. The van der Waals surface area contributed by atoms with Gasteiger partial charge in [-0.05, 0) is 18.6 Å². The first kappa shape index (κ1) is 14.6. The van der Waals surface area contributed by atoms with Crippen LogP contribution in [-0.2, 0) is 0 Å². The summed E-state index contributed by atoms with van der Waals surface area (Å²) in [5.74, 6) is -2.77. The first-order valence-electron chi connectivity index (χ1n) is 5.96. The number of amides is 1. The molecule has 18 heavy (non-hydrogen) atoms. The van der Waals surface area contributed by atoms with Crippen LogP contribution >= 0.6 is 0 Å². The summed E-state index contributed by atoms with van der Waals surface area (Å²) in [6.45, 7) is 2.30. The quantitative estimate of drug-likeness (QED) is 0.848. The van der Waals surface area contributed by atoms with E-state index in [9.17, 15) is 13.6 Å². The molecule has 0 saturated carbocycles. The van der Waals surface area contributed by atoms with Crippen molar-refractivity contribution in [1.29, 1.82) is 0 Å². The molecule has 0 aliphatic carbocycles. The Balaban J connectivity index is 2.90. The summed E-state index contributed by atoms with van der Waals surface area (Å²) in [4.78, 5) is 13.4. The van der Waals surface area contributed by atoms with Gasteiger partial charge < -0.3 is 10.0 Å². The summed E-state index contributed by atoms with van der Waals surface area (Å²) in [5, 5.41) is 8.89. The summed E-state index contributed by atoms with van der Waals surface area (Å²) < 4.78 is 26.5. The van der Waals surface area contributed by atoms with Crippen LogP contribution in [0.4, 0.5) is 8.78 Å². The molecule has 0 bridgehead atoms. The first-order chi connectivity index (χ1) is 8.61. The van der Waals surface area contributed by atoms with E-state index >= 15 is 0 Å². The highest BCUT2D eigenvalue weighted by Crippen LogP contribution is 2.14. The zero-order valence-electron chi connectivity index (χ0n) is 10.3. The minimum absolute atomic E-state index is 0.120. The van der Waals surface area contributed by atoms with Crippen LogP contribution in [0.3, 0.4) is 0 Å². The van der Waals surface area contributed by atoms with Crippen molar-refractivity contribution in [2.24, 2.45) is 0 Å². The molecule has 0 spiro atoms. The first-order valence-corrected chi connectivity index (χ1v) is 5.96. The van der Waals surface area contributed by atoms with E-state index in [0.717, 1.165) is 18.9 Å². The van der Waals surface area contributed by atoms with E-state index in [0.29, 0.717) is 6.54 Å². The molecule has 1 aromatic carbocycles. The lowest BCUT2D eigenvalue weighted by molar-refractivity contribution is 0.0713. The van der Waals surface area contributed by atoms with Gasteiger partial charge >= 0.3 is 0 Å². The smallest absolute Gasteiger partial charge is 0.257 e. The molecule has 0 saturated heterocycles. The molecule has 100 valence electrons. The highest BCUT2D eigenvalue weighted by molar-refractivity contribution is 5.94. The van der Waals surface area contributed by atoms with Crippen LogP contribution < -0.4 is 0 Å². The number of carbonyl (C=O) groups is 1. The second-order valence-corrected chi connectivity index (χ2v) is 3.97. The molecule has 0 atom stereocenters. The maximum absolute atomic E-state index is 13.5. The zero-order chi connectivity index (χ0) is 13.5. The van der Waals surface area contributed by atoms with Crippen molar-refractivity contribution < 1.29 is 18.7 Å². The Kier molecular flexibility index (Phi) is 5.71. The van der Waals surface area contributed by atoms with E-state index in [2.05, 4.69) is 0 Å². The number of aliphatic hydroxyl groups is 1. The Morgan fingerprint density at radius 1 is 1.33 bits per heavy atom. The summed E-state index contributed by atoms with van der Waals surface area (Å²) in [6.07, 6.45) is 1.63. The summed E-state index contributed by atoms with van der Waals surface area (Å²) in [7, 11) is 0. The molecule has 0 radical (unpaired) electrons.